The van der Waals surface area contributed by atoms with Crippen LogP contribution in [0.2, 0.25) is 5.02 Å². The Bertz CT molecular complexity index is 659. The number of guanidine groups is 1. The zero-order valence-electron chi connectivity index (χ0n) is 14.4. The summed E-state index contributed by atoms with van der Waals surface area (Å²) in [5, 5.41) is 6.98. The van der Waals surface area contributed by atoms with Gasteiger partial charge in [0, 0.05) is 49.8 Å². The van der Waals surface area contributed by atoms with Crippen molar-refractivity contribution in [2.75, 3.05) is 50.5 Å². The Morgan fingerprint density at radius 3 is 2.48 bits per heavy atom. The maximum absolute atomic E-state index is 12.3. The second-order valence-electron chi connectivity index (χ2n) is 5.63. The van der Waals surface area contributed by atoms with Gasteiger partial charge in [0.1, 0.15) is 0 Å². The molecule has 1 saturated heterocycles. The average Bonchev–Trinajstić information content (AvgIpc) is 2.62. The Morgan fingerprint density at radius 1 is 1.20 bits per heavy atom. The minimum atomic E-state index is -3.19. The van der Waals surface area contributed by atoms with Gasteiger partial charge in [0.25, 0.3) is 0 Å². The van der Waals surface area contributed by atoms with Crippen molar-refractivity contribution in [3.05, 3.63) is 34.9 Å². The molecule has 6 nitrogen and oxygen atoms in total. The summed E-state index contributed by atoms with van der Waals surface area (Å²) in [7, 11) is -1.52. The van der Waals surface area contributed by atoms with E-state index < -0.39 is 10.0 Å². The second kappa shape index (κ2) is 10.3. The maximum Gasteiger partial charge on any atom is 0.215 e. The number of thioether (sulfide) groups is 1. The van der Waals surface area contributed by atoms with Crippen molar-refractivity contribution in [1.29, 1.82) is 0 Å². The van der Waals surface area contributed by atoms with Crippen LogP contribution in [-0.4, -0.2) is 69.2 Å². The van der Waals surface area contributed by atoms with Crippen LogP contribution < -0.4 is 10.6 Å². The van der Waals surface area contributed by atoms with Crippen LogP contribution in [0.15, 0.2) is 29.3 Å². The number of nitrogens with one attached hydrogen (secondary N) is 2. The van der Waals surface area contributed by atoms with E-state index in [9.17, 15) is 8.42 Å². The molecule has 2 N–H and O–H groups in total. The van der Waals surface area contributed by atoms with Crippen LogP contribution in [0.25, 0.3) is 0 Å². The van der Waals surface area contributed by atoms with Gasteiger partial charge in [-0.2, -0.15) is 11.8 Å². The fourth-order valence-corrected chi connectivity index (χ4v) is 5.07. The maximum atomic E-state index is 12.3. The minimum Gasteiger partial charge on any atom is -0.356 e. The van der Waals surface area contributed by atoms with E-state index in [0.29, 0.717) is 32.1 Å². The topological polar surface area (TPSA) is 73.8 Å². The van der Waals surface area contributed by atoms with E-state index >= 15 is 0 Å². The molecule has 0 saturated carbocycles. The zero-order valence-corrected chi connectivity index (χ0v) is 16.8. The third kappa shape index (κ3) is 7.05. The molecule has 1 aliphatic heterocycles. The molecule has 1 aliphatic rings. The van der Waals surface area contributed by atoms with E-state index in [2.05, 4.69) is 15.6 Å². The quantitative estimate of drug-likeness (QED) is 0.531. The molecule has 25 heavy (non-hydrogen) atoms. The Morgan fingerprint density at radius 2 is 1.84 bits per heavy atom. The Kier molecular flexibility index (Phi) is 8.35. The van der Waals surface area contributed by atoms with Gasteiger partial charge in [-0.15, -0.1) is 0 Å². The first-order valence-corrected chi connectivity index (χ1v) is 11.4. The Labute approximate surface area is 159 Å². The van der Waals surface area contributed by atoms with Gasteiger partial charge < -0.3 is 10.6 Å². The molecule has 1 fully saturated rings. The Balaban J connectivity index is 1.70. The van der Waals surface area contributed by atoms with Crippen LogP contribution in [-0.2, 0) is 16.4 Å². The summed E-state index contributed by atoms with van der Waals surface area (Å²) in [5.41, 5.74) is 1.18. The third-order valence-corrected chi connectivity index (χ3v) is 6.93. The van der Waals surface area contributed by atoms with E-state index in [-0.39, 0.29) is 5.75 Å². The number of halogens is 1. The van der Waals surface area contributed by atoms with Gasteiger partial charge in [-0.25, -0.2) is 12.7 Å². The minimum absolute atomic E-state index is 0.0789. The number of aliphatic imine (C=N–C) groups is 1. The molecule has 0 amide bonds. The van der Waals surface area contributed by atoms with Gasteiger partial charge in [0.2, 0.25) is 10.0 Å². The highest BCUT2D eigenvalue weighted by molar-refractivity contribution is 7.99. The number of benzene rings is 1. The van der Waals surface area contributed by atoms with E-state index in [4.69, 9.17) is 11.6 Å². The van der Waals surface area contributed by atoms with E-state index in [1.54, 1.807) is 23.1 Å². The van der Waals surface area contributed by atoms with Crippen molar-refractivity contribution in [3.63, 3.8) is 0 Å². The lowest BCUT2D eigenvalue weighted by atomic mass is 10.1. The highest BCUT2D eigenvalue weighted by Crippen LogP contribution is 2.13. The summed E-state index contributed by atoms with van der Waals surface area (Å²) in [6.45, 7) is 2.27. The van der Waals surface area contributed by atoms with Gasteiger partial charge >= 0.3 is 0 Å². The summed E-state index contributed by atoms with van der Waals surface area (Å²) < 4.78 is 26.2. The predicted molar refractivity (Wildman–Crippen MR) is 107 cm³/mol. The number of hydrogen-bond acceptors (Lipinski definition) is 4. The molecule has 2 rings (SSSR count). The average molecular weight is 405 g/mol. The normalized spacial score (nSPS) is 16.6. The summed E-state index contributed by atoms with van der Waals surface area (Å²) in [4.78, 5) is 4.13. The van der Waals surface area contributed by atoms with Gasteiger partial charge in [-0.1, -0.05) is 23.7 Å². The van der Waals surface area contributed by atoms with Crippen molar-refractivity contribution in [2.24, 2.45) is 4.99 Å². The summed E-state index contributed by atoms with van der Waals surface area (Å²) in [5.74, 6) is 2.44. The molecule has 0 aromatic heterocycles. The molecular formula is C16H25ClN4O2S2. The molecule has 140 valence electrons. The first-order chi connectivity index (χ1) is 12.0. The first-order valence-electron chi connectivity index (χ1n) is 8.26. The van der Waals surface area contributed by atoms with E-state index in [0.717, 1.165) is 22.9 Å². The number of nitrogens with zero attached hydrogens (tertiary/aromatic N) is 2. The highest BCUT2D eigenvalue weighted by atomic mass is 35.5. The molecule has 0 aliphatic carbocycles. The third-order valence-electron chi connectivity index (χ3n) is 3.86. The van der Waals surface area contributed by atoms with Crippen molar-refractivity contribution in [2.45, 2.75) is 6.42 Å². The van der Waals surface area contributed by atoms with Gasteiger partial charge in [-0.3, -0.25) is 4.99 Å². The van der Waals surface area contributed by atoms with Crippen molar-refractivity contribution >= 4 is 39.3 Å². The summed E-state index contributed by atoms with van der Waals surface area (Å²) in [6, 6.07) is 7.72. The first kappa shape index (κ1) is 20.4. The van der Waals surface area contributed by atoms with Crippen LogP contribution in [0.3, 0.4) is 0 Å². The molecule has 1 aromatic carbocycles. The lowest BCUT2D eigenvalue weighted by Gasteiger charge is -2.25. The number of rotatable bonds is 7. The Hall–Kier alpha value is -0.960. The molecule has 1 aromatic rings. The van der Waals surface area contributed by atoms with Crippen LogP contribution in [0, 0.1) is 0 Å². The van der Waals surface area contributed by atoms with E-state index in [1.165, 1.54) is 5.56 Å². The van der Waals surface area contributed by atoms with Crippen molar-refractivity contribution < 1.29 is 8.42 Å². The van der Waals surface area contributed by atoms with Gasteiger partial charge in [0.15, 0.2) is 5.96 Å². The molecule has 1 heterocycles. The standard InChI is InChI=1S/C16H25ClN4O2S2/c1-18-16(19-7-6-14-2-4-15(17)5-3-14)20-8-13-25(22,23)21-9-11-24-12-10-21/h2-5H,6-13H2,1H3,(H2,18,19,20). The van der Waals surface area contributed by atoms with Crippen LogP contribution in [0.5, 0.6) is 0 Å². The van der Waals surface area contributed by atoms with Crippen LogP contribution >= 0.6 is 23.4 Å². The molecule has 0 atom stereocenters. The lowest BCUT2D eigenvalue weighted by molar-refractivity contribution is 0.443. The number of hydrogen-bond donors (Lipinski definition) is 2. The molecule has 0 spiro atoms. The van der Waals surface area contributed by atoms with Crippen LogP contribution in [0.1, 0.15) is 5.56 Å². The van der Waals surface area contributed by atoms with Crippen LogP contribution in [0.4, 0.5) is 0 Å². The number of sulfonamides is 1. The van der Waals surface area contributed by atoms with Gasteiger partial charge in [0.05, 0.1) is 5.75 Å². The van der Waals surface area contributed by atoms with Crippen molar-refractivity contribution in [3.8, 4) is 0 Å². The fourth-order valence-electron chi connectivity index (χ4n) is 2.45. The molecule has 0 bridgehead atoms. The summed E-state index contributed by atoms with van der Waals surface area (Å²) in [6.07, 6.45) is 0.835. The predicted octanol–water partition coefficient (Wildman–Crippen LogP) is 1.43. The monoisotopic (exact) mass is 404 g/mol. The van der Waals surface area contributed by atoms with Gasteiger partial charge in [-0.05, 0) is 24.1 Å². The second-order valence-corrected chi connectivity index (χ2v) is 9.38. The lowest BCUT2D eigenvalue weighted by Crippen LogP contribution is -2.44. The molecule has 0 radical (unpaired) electrons. The van der Waals surface area contributed by atoms with E-state index in [1.807, 2.05) is 24.3 Å². The van der Waals surface area contributed by atoms with Crippen molar-refractivity contribution in [1.82, 2.24) is 14.9 Å². The largest absolute Gasteiger partial charge is 0.356 e. The zero-order chi connectivity index (χ0) is 18.1. The highest BCUT2D eigenvalue weighted by Gasteiger charge is 2.23. The molecule has 9 heteroatoms. The fraction of sp³-hybridized carbons (Fsp3) is 0.562. The molecular weight excluding hydrogens is 380 g/mol. The smallest absolute Gasteiger partial charge is 0.215 e. The molecule has 0 unspecified atom stereocenters. The summed E-state index contributed by atoms with van der Waals surface area (Å²) >= 11 is 7.67. The SMILES string of the molecule is CN=C(NCCc1ccc(Cl)cc1)NCCS(=O)(=O)N1CCSCC1.